The highest BCUT2D eigenvalue weighted by Crippen LogP contribution is 2.28. The zero-order valence-electron chi connectivity index (χ0n) is 13.9. The van der Waals surface area contributed by atoms with Gasteiger partial charge in [0.1, 0.15) is 16.8 Å². The van der Waals surface area contributed by atoms with Crippen molar-refractivity contribution < 1.29 is 22.7 Å². The summed E-state index contributed by atoms with van der Waals surface area (Å²) < 4.78 is 40.9. The third kappa shape index (κ3) is 7.21. The molecule has 0 aliphatic heterocycles. The molecule has 0 bridgehead atoms. The number of unbranched alkanes of at least 4 members (excludes halogenated alkanes) is 5. The van der Waals surface area contributed by atoms with Crippen molar-refractivity contribution in [3.05, 3.63) is 27.4 Å². The van der Waals surface area contributed by atoms with Crippen LogP contribution in [0.2, 0.25) is 5.02 Å². The number of halogens is 3. The number of sulfonamides is 1. The molecular formula is C16H22BrClFNO4S. The molecule has 0 radical (unpaired) electrons. The summed E-state index contributed by atoms with van der Waals surface area (Å²) in [6, 6.07) is 0.581. The van der Waals surface area contributed by atoms with Crippen LogP contribution < -0.4 is 4.72 Å². The van der Waals surface area contributed by atoms with E-state index in [0.717, 1.165) is 44.2 Å². The van der Waals surface area contributed by atoms with Crippen molar-refractivity contribution in [2.75, 3.05) is 0 Å². The molecule has 0 aromatic heterocycles. The highest BCUT2D eigenvalue weighted by molar-refractivity contribution is 9.10. The number of aliphatic carboxylic acids is 1. The molecule has 9 heteroatoms. The summed E-state index contributed by atoms with van der Waals surface area (Å²) in [5.41, 5.74) is 0. The average Bonchev–Trinajstić information content (AvgIpc) is 2.52. The van der Waals surface area contributed by atoms with Gasteiger partial charge in [-0.25, -0.2) is 12.8 Å². The second-order valence-electron chi connectivity index (χ2n) is 5.77. The quantitative estimate of drug-likeness (QED) is 0.371. The van der Waals surface area contributed by atoms with E-state index in [1.54, 1.807) is 0 Å². The van der Waals surface area contributed by atoms with Gasteiger partial charge in [0.2, 0.25) is 10.0 Å². The number of rotatable bonds is 11. The van der Waals surface area contributed by atoms with Gasteiger partial charge in [-0.3, -0.25) is 4.79 Å². The van der Waals surface area contributed by atoms with Gasteiger partial charge in [-0.05, 0) is 34.5 Å². The molecule has 0 unspecified atom stereocenters. The zero-order chi connectivity index (χ0) is 19.0. The van der Waals surface area contributed by atoms with Crippen molar-refractivity contribution in [1.29, 1.82) is 0 Å². The van der Waals surface area contributed by atoms with Crippen LogP contribution in [0.15, 0.2) is 21.5 Å². The van der Waals surface area contributed by atoms with Crippen LogP contribution in [0.5, 0.6) is 0 Å². The van der Waals surface area contributed by atoms with Gasteiger partial charge in [0.25, 0.3) is 0 Å². The number of carboxylic acid groups (broad SMARTS) is 1. The number of carbonyl (C=O) groups is 1. The highest BCUT2D eigenvalue weighted by atomic mass is 79.9. The minimum atomic E-state index is -4.32. The highest BCUT2D eigenvalue weighted by Gasteiger charge is 2.27. The molecule has 0 saturated carbocycles. The zero-order valence-corrected chi connectivity index (χ0v) is 17.1. The average molecular weight is 459 g/mol. The molecule has 0 saturated heterocycles. The van der Waals surface area contributed by atoms with Crippen molar-refractivity contribution in [3.63, 3.8) is 0 Å². The van der Waals surface area contributed by atoms with E-state index in [1.165, 1.54) is 0 Å². The van der Waals surface area contributed by atoms with Crippen molar-refractivity contribution in [2.24, 2.45) is 0 Å². The number of hydrogen-bond acceptors (Lipinski definition) is 3. The molecule has 1 aromatic carbocycles. The topological polar surface area (TPSA) is 83.5 Å². The molecule has 142 valence electrons. The lowest BCUT2D eigenvalue weighted by atomic mass is 10.1. The molecule has 1 atom stereocenters. The van der Waals surface area contributed by atoms with Crippen LogP contribution in [0.3, 0.4) is 0 Å². The predicted octanol–water partition coefficient (Wildman–Crippen LogP) is 4.72. The van der Waals surface area contributed by atoms with Gasteiger partial charge in [0.05, 0.1) is 5.02 Å². The van der Waals surface area contributed by atoms with Gasteiger partial charge in [-0.2, -0.15) is 4.72 Å². The maximum absolute atomic E-state index is 13.9. The lowest BCUT2D eigenvalue weighted by Crippen LogP contribution is -2.41. The van der Waals surface area contributed by atoms with E-state index in [1.807, 2.05) is 0 Å². The van der Waals surface area contributed by atoms with Gasteiger partial charge in [-0.1, -0.05) is 57.0 Å². The van der Waals surface area contributed by atoms with E-state index in [9.17, 15) is 22.7 Å². The maximum atomic E-state index is 13.9. The standard InChI is InChI=1S/C16H22BrClFNO4S/c1-2-3-4-5-6-7-8-14(16(21)22)20-25(23,24)15-9-11(17)12(18)10-13(15)19/h9-10,14,20H,2-8H2,1H3,(H,21,22)/t14-/m1/s1. The number of benzene rings is 1. The van der Waals surface area contributed by atoms with E-state index in [0.29, 0.717) is 6.42 Å². The number of carboxylic acids is 1. The Balaban J connectivity index is 2.77. The van der Waals surface area contributed by atoms with Crippen molar-refractivity contribution in [2.45, 2.75) is 62.8 Å². The Kier molecular flexibility index (Phi) is 9.34. The van der Waals surface area contributed by atoms with Crippen LogP contribution in [-0.4, -0.2) is 25.5 Å². The van der Waals surface area contributed by atoms with Crippen LogP contribution in [0, 0.1) is 5.82 Å². The monoisotopic (exact) mass is 457 g/mol. The normalized spacial score (nSPS) is 13.0. The number of hydrogen-bond donors (Lipinski definition) is 2. The lowest BCUT2D eigenvalue weighted by molar-refractivity contribution is -0.139. The van der Waals surface area contributed by atoms with Gasteiger partial charge in [0.15, 0.2) is 0 Å². The van der Waals surface area contributed by atoms with Crippen molar-refractivity contribution in [1.82, 2.24) is 4.72 Å². The van der Waals surface area contributed by atoms with Crippen LogP contribution in [-0.2, 0) is 14.8 Å². The van der Waals surface area contributed by atoms with E-state index in [-0.39, 0.29) is 15.9 Å². The predicted molar refractivity (Wildman–Crippen MR) is 98.8 cm³/mol. The molecule has 0 fully saturated rings. The summed E-state index contributed by atoms with van der Waals surface area (Å²) in [4.78, 5) is 10.7. The Hall–Kier alpha value is -0.700. The Morgan fingerprint density at radius 2 is 1.88 bits per heavy atom. The smallest absolute Gasteiger partial charge is 0.321 e. The van der Waals surface area contributed by atoms with Crippen LogP contribution in [0.1, 0.15) is 51.9 Å². The Labute approximate surface area is 161 Å². The fourth-order valence-electron chi connectivity index (χ4n) is 2.32. The van der Waals surface area contributed by atoms with Crippen molar-refractivity contribution >= 4 is 43.5 Å². The molecule has 1 rings (SSSR count). The van der Waals surface area contributed by atoms with Crippen LogP contribution in [0.4, 0.5) is 4.39 Å². The summed E-state index contributed by atoms with van der Waals surface area (Å²) in [5.74, 6) is -2.32. The first-order valence-corrected chi connectivity index (χ1v) is 10.7. The summed E-state index contributed by atoms with van der Waals surface area (Å²) >= 11 is 8.75. The molecule has 2 N–H and O–H groups in total. The molecular weight excluding hydrogens is 437 g/mol. The summed E-state index contributed by atoms with van der Waals surface area (Å²) in [7, 11) is -4.32. The Bertz CT molecular complexity index is 700. The second-order valence-corrected chi connectivity index (χ2v) is 8.71. The Morgan fingerprint density at radius 1 is 1.28 bits per heavy atom. The minimum absolute atomic E-state index is 0.0262. The minimum Gasteiger partial charge on any atom is -0.480 e. The summed E-state index contributed by atoms with van der Waals surface area (Å²) in [5, 5.41) is 9.27. The fraction of sp³-hybridized carbons (Fsp3) is 0.562. The van der Waals surface area contributed by atoms with Gasteiger partial charge < -0.3 is 5.11 Å². The molecule has 0 spiro atoms. The molecule has 5 nitrogen and oxygen atoms in total. The molecule has 0 aliphatic carbocycles. The first kappa shape index (κ1) is 22.3. The molecule has 1 aromatic rings. The second kappa shape index (κ2) is 10.4. The Morgan fingerprint density at radius 3 is 2.48 bits per heavy atom. The third-order valence-electron chi connectivity index (χ3n) is 3.71. The van der Waals surface area contributed by atoms with Crippen molar-refractivity contribution in [3.8, 4) is 0 Å². The summed E-state index contributed by atoms with van der Waals surface area (Å²) in [6.45, 7) is 2.10. The molecule has 25 heavy (non-hydrogen) atoms. The maximum Gasteiger partial charge on any atom is 0.321 e. The summed E-state index contributed by atoms with van der Waals surface area (Å²) in [6.07, 6.45) is 5.84. The van der Waals surface area contributed by atoms with Gasteiger partial charge in [-0.15, -0.1) is 0 Å². The van der Waals surface area contributed by atoms with Crippen LogP contribution in [0.25, 0.3) is 0 Å². The van der Waals surface area contributed by atoms with E-state index in [2.05, 4.69) is 27.6 Å². The fourth-order valence-corrected chi connectivity index (χ4v) is 4.28. The largest absolute Gasteiger partial charge is 0.480 e. The molecule has 0 amide bonds. The van der Waals surface area contributed by atoms with E-state index in [4.69, 9.17) is 11.6 Å². The van der Waals surface area contributed by atoms with Crippen LogP contribution >= 0.6 is 27.5 Å². The third-order valence-corrected chi connectivity index (χ3v) is 6.39. The molecule has 0 aliphatic rings. The first-order chi connectivity index (χ1) is 11.7. The first-order valence-electron chi connectivity index (χ1n) is 8.08. The van der Waals surface area contributed by atoms with Gasteiger partial charge >= 0.3 is 5.97 Å². The SMILES string of the molecule is CCCCCCCC[C@@H](NS(=O)(=O)c1cc(Br)c(Cl)cc1F)C(=O)O. The number of nitrogens with one attached hydrogen (secondary N) is 1. The van der Waals surface area contributed by atoms with E-state index < -0.39 is 32.7 Å². The lowest BCUT2D eigenvalue weighted by Gasteiger charge is -2.15. The van der Waals surface area contributed by atoms with E-state index >= 15 is 0 Å². The van der Waals surface area contributed by atoms with Gasteiger partial charge in [0, 0.05) is 4.47 Å². The molecule has 0 heterocycles.